The van der Waals surface area contributed by atoms with E-state index in [0.29, 0.717) is 32.8 Å². The summed E-state index contributed by atoms with van der Waals surface area (Å²) in [5.41, 5.74) is 4.99. The van der Waals surface area contributed by atoms with Crippen molar-refractivity contribution in [2.75, 3.05) is 18.0 Å². The van der Waals surface area contributed by atoms with E-state index in [4.69, 9.17) is 33.3 Å². The first kappa shape index (κ1) is 27.1. The minimum atomic E-state index is -1.42. The fraction of sp³-hybridized carbons (Fsp3) is 0.414. The third kappa shape index (κ3) is 4.73. The highest BCUT2D eigenvalue weighted by Gasteiger charge is 2.49. The molecule has 2 heterocycles. The lowest BCUT2D eigenvalue weighted by molar-refractivity contribution is 0.170. The molecule has 0 radical (unpaired) electrons. The van der Waals surface area contributed by atoms with Crippen molar-refractivity contribution in [3.63, 3.8) is 0 Å². The molecule has 1 aromatic heterocycles. The molecule has 6 nitrogen and oxygen atoms in total. The molecule has 1 unspecified atom stereocenters. The van der Waals surface area contributed by atoms with Gasteiger partial charge >= 0.3 is 0 Å². The van der Waals surface area contributed by atoms with Gasteiger partial charge in [-0.05, 0) is 75.0 Å². The number of aryl methyl sites for hydroxylation is 1. The molecule has 5 rings (SSSR count). The quantitative estimate of drug-likeness (QED) is 0.387. The summed E-state index contributed by atoms with van der Waals surface area (Å²) in [6.45, 7) is 7.40. The van der Waals surface area contributed by atoms with Crippen LogP contribution in [0.3, 0.4) is 0 Å². The molecule has 1 aliphatic heterocycles. The van der Waals surface area contributed by atoms with Crippen LogP contribution in [0.25, 0.3) is 11.3 Å². The van der Waals surface area contributed by atoms with Crippen molar-refractivity contribution in [1.29, 1.82) is 5.26 Å². The Hall–Kier alpha value is -2.50. The number of hydrogen-bond acceptors (Lipinski definition) is 5. The third-order valence-electron chi connectivity index (χ3n) is 8.38. The molecule has 1 saturated heterocycles. The van der Waals surface area contributed by atoms with Crippen LogP contribution in [0.2, 0.25) is 10.0 Å². The fourth-order valence-electron chi connectivity index (χ4n) is 6.20. The van der Waals surface area contributed by atoms with E-state index < -0.39 is 15.7 Å². The van der Waals surface area contributed by atoms with Gasteiger partial charge in [0.05, 0.1) is 37.2 Å². The van der Waals surface area contributed by atoms with Crippen molar-refractivity contribution in [3.05, 3.63) is 75.0 Å². The first-order valence-corrected chi connectivity index (χ1v) is 14.8. The monoisotopic (exact) mass is 567 g/mol. The van der Waals surface area contributed by atoms with Crippen molar-refractivity contribution >= 4 is 40.0 Å². The molecular formula is C29H31Cl2N5OS. The summed E-state index contributed by atoms with van der Waals surface area (Å²) in [7, 11) is -1.42. The number of fused-ring (bicyclic) bond motifs is 1. The first-order valence-electron chi connectivity index (χ1n) is 12.8. The Morgan fingerprint density at radius 3 is 2.55 bits per heavy atom. The van der Waals surface area contributed by atoms with Crippen LogP contribution in [-0.2, 0) is 17.4 Å². The highest BCUT2D eigenvalue weighted by molar-refractivity contribution is 7.84. The molecule has 0 amide bonds. The van der Waals surface area contributed by atoms with Crippen LogP contribution in [0.15, 0.2) is 42.5 Å². The van der Waals surface area contributed by atoms with Gasteiger partial charge in [0.1, 0.15) is 6.07 Å². The van der Waals surface area contributed by atoms with Gasteiger partial charge in [0.25, 0.3) is 0 Å². The standard InChI is InChI=1S/C29H31Cl2N5OS/c1-18-26(21-9-6-10-23(30)25(21)31)35-24(17-32)27(34-18)36-13-11-29(12-14-36)15-19-7-4-5-8-20(19)22(29)16-28(2,3)38(33)37/h4-10,22H,11-16,33H2,1-3H3/t22-,38?/m1/s1. The average molecular weight is 569 g/mol. The summed E-state index contributed by atoms with van der Waals surface area (Å²) >= 11 is 12.7. The number of aromatic nitrogens is 2. The molecule has 0 saturated carbocycles. The normalized spacial score (nSPS) is 19.3. The molecule has 9 heteroatoms. The van der Waals surface area contributed by atoms with Gasteiger partial charge < -0.3 is 4.90 Å². The predicted molar refractivity (Wildman–Crippen MR) is 155 cm³/mol. The lowest BCUT2D eigenvalue weighted by Gasteiger charge is -2.45. The van der Waals surface area contributed by atoms with E-state index in [9.17, 15) is 9.47 Å². The topological polar surface area (TPSA) is 95.9 Å². The van der Waals surface area contributed by atoms with Crippen LogP contribution in [0.5, 0.6) is 0 Å². The number of nitrogens with zero attached hydrogens (tertiary/aromatic N) is 4. The summed E-state index contributed by atoms with van der Waals surface area (Å²) in [4.78, 5) is 11.7. The van der Waals surface area contributed by atoms with Crippen molar-refractivity contribution in [3.8, 4) is 17.3 Å². The van der Waals surface area contributed by atoms with Gasteiger partial charge in [-0.2, -0.15) is 5.26 Å². The molecule has 2 aromatic carbocycles. The smallest absolute Gasteiger partial charge is 0.183 e. The van der Waals surface area contributed by atoms with Gasteiger partial charge in [-0.1, -0.05) is 59.6 Å². The molecule has 2 atom stereocenters. The Labute approximate surface area is 236 Å². The minimum Gasteiger partial charge on any atom is -0.354 e. The molecule has 0 bridgehead atoms. The van der Waals surface area contributed by atoms with Gasteiger partial charge in [0.2, 0.25) is 0 Å². The highest BCUT2D eigenvalue weighted by atomic mass is 35.5. The lowest BCUT2D eigenvalue weighted by Crippen LogP contribution is -2.45. The Morgan fingerprint density at radius 1 is 1.16 bits per heavy atom. The summed E-state index contributed by atoms with van der Waals surface area (Å²) in [6.07, 6.45) is 3.64. The zero-order valence-electron chi connectivity index (χ0n) is 21.8. The number of benzene rings is 2. The van der Waals surface area contributed by atoms with E-state index in [1.54, 1.807) is 6.07 Å². The summed E-state index contributed by atoms with van der Waals surface area (Å²) in [6, 6.07) is 16.3. The molecule has 198 valence electrons. The lowest BCUT2D eigenvalue weighted by atomic mass is 9.66. The molecule has 1 aliphatic carbocycles. The summed E-state index contributed by atoms with van der Waals surface area (Å²) in [5.74, 6) is 0.885. The third-order valence-corrected chi connectivity index (χ3v) is 10.5. The molecular weight excluding hydrogens is 537 g/mol. The van der Waals surface area contributed by atoms with Crippen LogP contribution in [0.4, 0.5) is 5.82 Å². The zero-order chi connectivity index (χ0) is 27.2. The number of hydrogen-bond donors (Lipinski definition) is 1. The van der Waals surface area contributed by atoms with Crippen LogP contribution in [-0.4, -0.2) is 32.0 Å². The number of nitrogens with two attached hydrogens (primary N) is 1. The van der Waals surface area contributed by atoms with Gasteiger partial charge in [-0.25, -0.2) is 14.2 Å². The molecule has 2 aliphatic rings. The van der Waals surface area contributed by atoms with Gasteiger partial charge in [0.15, 0.2) is 11.5 Å². The molecule has 2 N–H and O–H groups in total. The van der Waals surface area contributed by atoms with E-state index in [1.807, 2.05) is 32.9 Å². The fourth-order valence-corrected chi connectivity index (χ4v) is 6.92. The Bertz CT molecular complexity index is 1460. The second-order valence-corrected chi connectivity index (χ2v) is 13.6. The van der Waals surface area contributed by atoms with E-state index >= 15 is 0 Å². The number of rotatable bonds is 5. The number of anilines is 1. The van der Waals surface area contributed by atoms with Crippen LogP contribution >= 0.6 is 23.2 Å². The SMILES string of the molecule is Cc1nc(N2CCC3(CC2)Cc2ccccc2[C@H]3CC(C)(C)S(N)=O)c(C#N)nc1-c1cccc(Cl)c1Cl. The highest BCUT2D eigenvalue weighted by Crippen LogP contribution is 2.56. The Kier molecular flexibility index (Phi) is 7.30. The molecule has 3 aromatic rings. The number of piperidine rings is 1. The van der Waals surface area contributed by atoms with Gasteiger partial charge in [-0.3, -0.25) is 5.14 Å². The zero-order valence-corrected chi connectivity index (χ0v) is 24.1. The van der Waals surface area contributed by atoms with Crippen LogP contribution in [0.1, 0.15) is 61.5 Å². The van der Waals surface area contributed by atoms with Crippen molar-refractivity contribution in [2.24, 2.45) is 10.6 Å². The molecule has 38 heavy (non-hydrogen) atoms. The average Bonchev–Trinajstić information content (AvgIpc) is 3.18. The van der Waals surface area contributed by atoms with Gasteiger partial charge in [-0.15, -0.1) is 0 Å². The molecule has 1 spiro atoms. The first-order chi connectivity index (χ1) is 18.1. The Balaban J connectivity index is 1.44. The minimum absolute atomic E-state index is 0.0559. The van der Waals surface area contributed by atoms with Gasteiger partial charge in [0, 0.05) is 18.7 Å². The number of nitriles is 1. The summed E-state index contributed by atoms with van der Waals surface area (Å²) in [5, 5.41) is 16.7. The van der Waals surface area contributed by atoms with E-state index in [2.05, 4.69) is 40.2 Å². The Morgan fingerprint density at radius 2 is 1.87 bits per heavy atom. The second kappa shape index (κ2) is 10.2. The van der Waals surface area contributed by atoms with Crippen LogP contribution in [0, 0.1) is 23.7 Å². The maximum atomic E-state index is 12.4. The van der Waals surface area contributed by atoms with Crippen molar-refractivity contribution < 1.29 is 4.21 Å². The second-order valence-electron chi connectivity index (χ2n) is 11.1. The van der Waals surface area contributed by atoms with E-state index in [1.165, 1.54) is 11.1 Å². The van der Waals surface area contributed by atoms with Crippen LogP contribution < -0.4 is 10.0 Å². The van der Waals surface area contributed by atoms with E-state index in [0.717, 1.165) is 38.8 Å². The maximum Gasteiger partial charge on any atom is 0.183 e. The van der Waals surface area contributed by atoms with E-state index in [-0.39, 0.29) is 17.0 Å². The molecule has 1 fully saturated rings. The predicted octanol–water partition coefficient (Wildman–Crippen LogP) is 6.35. The maximum absolute atomic E-state index is 12.4. The van der Waals surface area contributed by atoms with Crippen molar-refractivity contribution in [1.82, 2.24) is 9.97 Å². The van der Waals surface area contributed by atoms with Crippen molar-refractivity contribution in [2.45, 2.75) is 57.1 Å². The number of halogens is 2. The largest absolute Gasteiger partial charge is 0.354 e. The summed E-state index contributed by atoms with van der Waals surface area (Å²) < 4.78 is 11.9.